The molecule has 0 radical (unpaired) electrons. The monoisotopic (exact) mass is 238 g/mol. The maximum absolute atomic E-state index is 13.5. The first-order chi connectivity index (χ1) is 8.11. The number of benzene rings is 1. The van der Waals surface area contributed by atoms with E-state index in [0.29, 0.717) is 12.0 Å². The third-order valence-corrected chi connectivity index (χ3v) is 2.71. The Balaban J connectivity index is 2.25. The number of ether oxygens (including phenoxy) is 2. The van der Waals surface area contributed by atoms with Gasteiger partial charge < -0.3 is 9.47 Å². The second-order valence-electron chi connectivity index (χ2n) is 3.78. The topological polar surface area (TPSA) is 52.6 Å². The predicted molar refractivity (Wildman–Crippen MR) is 56.0 cm³/mol. The third-order valence-electron chi connectivity index (χ3n) is 2.71. The third kappa shape index (κ3) is 2.27. The minimum Gasteiger partial charge on any atom is -0.494 e. The molecule has 17 heavy (non-hydrogen) atoms. The van der Waals surface area contributed by atoms with E-state index in [-0.39, 0.29) is 12.2 Å². The Kier molecular flexibility index (Phi) is 3.08. The van der Waals surface area contributed by atoms with E-state index in [2.05, 4.69) is 4.74 Å². The average Bonchev–Trinajstić information content (AvgIpc) is 2.29. The standard InChI is InChI=1S/C12H11FO4/c1-16-10-4-2-7(6-9(10)13)8-3-5-11(14)17-12(8)15/h2,4,6,8H,3,5H2,1H3. The van der Waals surface area contributed by atoms with Crippen molar-refractivity contribution in [1.29, 1.82) is 0 Å². The molecule has 0 bridgehead atoms. The summed E-state index contributed by atoms with van der Waals surface area (Å²) < 4.78 is 22.8. The Morgan fingerprint density at radius 1 is 1.41 bits per heavy atom. The van der Waals surface area contributed by atoms with Gasteiger partial charge in [-0.1, -0.05) is 6.07 Å². The number of carbonyl (C=O) groups is 2. The van der Waals surface area contributed by atoms with Gasteiger partial charge in [0.05, 0.1) is 13.0 Å². The number of cyclic esters (lactones) is 2. The van der Waals surface area contributed by atoms with E-state index in [1.54, 1.807) is 6.07 Å². The van der Waals surface area contributed by atoms with Crippen LogP contribution in [0.1, 0.15) is 24.3 Å². The first-order valence-electron chi connectivity index (χ1n) is 5.20. The van der Waals surface area contributed by atoms with E-state index >= 15 is 0 Å². The van der Waals surface area contributed by atoms with Crippen molar-refractivity contribution in [2.75, 3.05) is 7.11 Å². The Hall–Kier alpha value is -1.91. The summed E-state index contributed by atoms with van der Waals surface area (Å²) in [6.45, 7) is 0. The lowest BCUT2D eigenvalue weighted by Crippen LogP contribution is -2.26. The molecule has 0 spiro atoms. The highest BCUT2D eigenvalue weighted by Gasteiger charge is 2.30. The summed E-state index contributed by atoms with van der Waals surface area (Å²) in [5, 5.41) is 0. The van der Waals surface area contributed by atoms with Crippen molar-refractivity contribution in [2.45, 2.75) is 18.8 Å². The highest BCUT2D eigenvalue weighted by atomic mass is 19.1. The summed E-state index contributed by atoms with van der Waals surface area (Å²) in [6.07, 6.45) is 0.521. The van der Waals surface area contributed by atoms with E-state index in [1.807, 2.05) is 0 Å². The Labute approximate surface area is 97.3 Å². The van der Waals surface area contributed by atoms with Gasteiger partial charge in [-0.2, -0.15) is 0 Å². The Morgan fingerprint density at radius 3 is 2.76 bits per heavy atom. The van der Waals surface area contributed by atoms with Gasteiger partial charge >= 0.3 is 11.9 Å². The summed E-state index contributed by atoms with van der Waals surface area (Å²) in [7, 11) is 1.37. The Morgan fingerprint density at radius 2 is 2.18 bits per heavy atom. The fourth-order valence-corrected chi connectivity index (χ4v) is 1.82. The maximum atomic E-state index is 13.5. The molecule has 1 fully saturated rings. The molecule has 1 unspecified atom stereocenters. The molecule has 1 saturated heterocycles. The summed E-state index contributed by atoms with van der Waals surface area (Å²) >= 11 is 0. The molecule has 0 aliphatic carbocycles. The molecule has 1 atom stereocenters. The van der Waals surface area contributed by atoms with Crippen molar-refractivity contribution in [3.05, 3.63) is 29.6 Å². The van der Waals surface area contributed by atoms with Gasteiger partial charge in [-0.05, 0) is 24.1 Å². The van der Waals surface area contributed by atoms with Gasteiger partial charge in [0.25, 0.3) is 0 Å². The van der Waals surface area contributed by atoms with Gasteiger partial charge in [0.2, 0.25) is 0 Å². The van der Waals surface area contributed by atoms with Crippen LogP contribution < -0.4 is 4.74 Å². The SMILES string of the molecule is COc1ccc(C2CCC(=O)OC2=O)cc1F. The highest BCUT2D eigenvalue weighted by Crippen LogP contribution is 2.29. The van der Waals surface area contributed by atoms with E-state index in [4.69, 9.17) is 4.74 Å². The number of rotatable bonds is 2. The van der Waals surface area contributed by atoms with Crippen LogP contribution in [0.4, 0.5) is 4.39 Å². The second-order valence-corrected chi connectivity index (χ2v) is 3.78. The quantitative estimate of drug-likeness (QED) is 0.582. The van der Waals surface area contributed by atoms with Gasteiger partial charge in [0.1, 0.15) is 0 Å². The molecule has 1 aliphatic heterocycles. The van der Waals surface area contributed by atoms with Crippen LogP contribution in [0.5, 0.6) is 5.75 Å². The molecule has 0 amide bonds. The molecule has 0 aromatic heterocycles. The molecule has 1 aromatic carbocycles. The van der Waals surface area contributed by atoms with E-state index in [9.17, 15) is 14.0 Å². The molecule has 4 nitrogen and oxygen atoms in total. The van der Waals surface area contributed by atoms with E-state index < -0.39 is 23.7 Å². The van der Waals surface area contributed by atoms with Crippen molar-refractivity contribution in [2.24, 2.45) is 0 Å². The van der Waals surface area contributed by atoms with Crippen LogP contribution in [-0.4, -0.2) is 19.0 Å². The fourth-order valence-electron chi connectivity index (χ4n) is 1.82. The van der Waals surface area contributed by atoms with E-state index in [1.165, 1.54) is 19.2 Å². The van der Waals surface area contributed by atoms with Crippen LogP contribution >= 0.6 is 0 Å². The van der Waals surface area contributed by atoms with Crippen LogP contribution in [0.2, 0.25) is 0 Å². The normalized spacial score (nSPS) is 20.0. The lowest BCUT2D eigenvalue weighted by atomic mass is 9.92. The van der Waals surface area contributed by atoms with Gasteiger partial charge in [-0.25, -0.2) is 4.39 Å². The summed E-state index contributed by atoms with van der Waals surface area (Å²) in [6, 6.07) is 4.29. The first-order valence-corrected chi connectivity index (χ1v) is 5.20. The number of halogens is 1. The minimum absolute atomic E-state index is 0.119. The molecule has 0 N–H and O–H groups in total. The van der Waals surface area contributed by atoms with Crippen molar-refractivity contribution >= 4 is 11.9 Å². The largest absolute Gasteiger partial charge is 0.494 e. The van der Waals surface area contributed by atoms with Crippen LogP contribution in [0, 0.1) is 5.82 Å². The number of carbonyl (C=O) groups excluding carboxylic acids is 2. The molecule has 1 heterocycles. The number of esters is 2. The number of hydrogen-bond acceptors (Lipinski definition) is 4. The zero-order chi connectivity index (χ0) is 12.4. The van der Waals surface area contributed by atoms with Gasteiger partial charge in [-0.15, -0.1) is 0 Å². The fraction of sp³-hybridized carbons (Fsp3) is 0.333. The summed E-state index contributed by atoms with van der Waals surface area (Å²) in [5.74, 6) is -2.14. The Bertz CT molecular complexity index is 470. The highest BCUT2D eigenvalue weighted by molar-refractivity contribution is 5.92. The molecule has 1 aromatic rings. The number of methoxy groups -OCH3 is 1. The average molecular weight is 238 g/mol. The van der Waals surface area contributed by atoms with Crippen LogP contribution in [0.25, 0.3) is 0 Å². The number of hydrogen-bond donors (Lipinski definition) is 0. The van der Waals surface area contributed by atoms with Crippen molar-refractivity contribution in [3.63, 3.8) is 0 Å². The smallest absolute Gasteiger partial charge is 0.321 e. The lowest BCUT2D eigenvalue weighted by Gasteiger charge is -2.19. The van der Waals surface area contributed by atoms with Crippen molar-refractivity contribution < 1.29 is 23.5 Å². The van der Waals surface area contributed by atoms with Crippen molar-refractivity contribution in [3.8, 4) is 5.75 Å². The zero-order valence-electron chi connectivity index (χ0n) is 9.23. The van der Waals surface area contributed by atoms with Crippen LogP contribution in [-0.2, 0) is 14.3 Å². The molecule has 0 saturated carbocycles. The van der Waals surface area contributed by atoms with Crippen molar-refractivity contribution in [1.82, 2.24) is 0 Å². The molecular formula is C12H11FO4. The van der Waals surface area contributed by atoms with Crippen LogP contribution in [0.15, 0.2) is 18.2 Å². The minimum atomic E-state index is -0.620. The summed E-state index contributed by atoms with van der Waals surface area (Å²) in [5.41, 5.74) is 0.501. The summed E-state index contributed by atoms with van der Waals surface area (Å²) in [4.78, 5) is 22.4. The molecular weight excluding hydrogens is 227 g/mol. The molecule has 2 rings (SSSR count). The second kappa shape index (κ2) is 4.53. The van der Waals surface area contributed by atoms with Gasteiger partial charge in [-0.3, -0.25) is 9.59 Å². The lowest BCUT2D eigenvalue weighted by molar-refractivity contribution is -0.164. The van der Waals surface area contributed by atoms with Crippen LogP contribution in [0.3, 0.4) is 0 Å². The maximum Gasteiger partial charge on any atom is 0.321 e. The molecule has 5 heteroatoms. The van der Waals surface area contributed by atoms with Gasteiger partial charge in [0, 0.05) is 6.42 Å². The first kappa shape index (κ1) is 11.6. The molecule has 1 aliphatic rings. The zero-order valence-corrected chi connectivity index (χ0v) is 9.23. The predicted octanol–water partition coefficient (Wildman–Crippen LogP) is 1.78. The van der Waals surface area contributed by atoms with Gasteiger partial charge in [0.15, 0.2) is 11.6 Å². The van der Waals surface area contributed by atoms with E-state index in [0.717, 1.165) is 0 Å². The molecule has 90 valence electrons.